The van der Waals surface area contributed by atoms with Gasteiger partial charge in [0.2, 0.25) is 0 Å². The zero-order valence-corrected chi connectivity index (χ0v) is 19.4. The van der Waals surface area contributed by atoms with Crippen molar-refractivity contribution < 1.29 is 19.4 Å². The van der Waals surface area contributed by atoms with E-state index in [-0.39, 0.29) is 22.5 Å². The summed E-state index contributed by atoms with van der Waals surface area (Å²) >= 11 is 0. The first-order chi connectivity index (χ1) is 15.2. The second kappa shape index (κ2) is 6.57. The van der Waals surface area contributed by atoms with Crippen LogP contribution in [0.5, 0.6) is 5.75 Å². The van der Waals surface area contributed by atoms with Crippen LogP contribution >= 0.6 is 0 Å². The monoisotopic (exact) mass is 434 g/mol. The second-order valence-electron chi connectivity index (χ2n) is 11.4. The molecule has 2 saturated carbocycles. The Morgan fingerprint density at radius 2 is 1.91 bits per heavy atom. The maximum atomic E-state index is 12.5. The number of allylic oxidation sites excluding steroid dienone is 4. The largest absolute Gasteiger partial charge is 0.457 e. The summed E-state index contributed by atoms with van der Waals surface area (Å²) < 4.78 is 12.4. The average Bonchev–Trinajstić information content (AvgIpc) is 3.52. The van der Waals surface area contributed by atoms with Crippen LogP contribution in [-0.2, 0) is 9.53 Å². The molecule has 1 saturated heterocycles. The molecule has 1 aromatic carbocycles. The molecule has 4 heteroatoms. The van der Waals surface area contributed by atoms with Gasteiger partial charge in [0.05, 0.1) is 0 Å². The summed E-state index contributed by atoms with van der Waals surface area (Å²) in [5, 5.41) is 12.5. The molecule has 0 radical (unpaired) electrons. The SMILES string of the molecule is C[C@H]1C[C@H]2[C@@H]3CCC4=CC(=O)CC[C@]4(C)C3=CC[C@]2(C)[C@@]1(O)C1(Oc2ccccc2)CO1. The van der Waals surface area contributed by atoms with Gasteiger partial charge in [0.25, 0.3) is 5.79 Å². The first-order valence-corrected chi connectivity index (χ1v) is 12.3. The van der Waals surface area contributed by atoms with E-state index in [0.717, 1.165) is 37.9 Å². The summed E-state index contributed by atoms with van der Waals surface area (Å²) in [6, 6.07) is 9.75. The molecule has 3 fully saturated rings. The summed E-state index contributed by atoms with van der Waals surface area (Å²) in [5.41, 5.74) is 1.50. The Labute approximate surface area is 190 Å². The number of fused-ring (bicyclic) bond motifs is 5. The summed E-state index contributed by atoms with van der Waals surface area (Å²) in [6.45, 7) is 7.22. The number of ether oxygens (including phenoxy) is 2. The van der Waals surface area contributed by atoms with Crippen molar-refractivity contribution in [2.45, 2.75) is 70.7 Å². The van der Waals surface area contributed by atoms with Crippen molar-refractivity contribution in [3.63, 3.8) is 0 Å². The maximum Gasteiger partial charge on any atom is 0.264 e. The quantitative estimate of drug-likeness (QED) is 0.523. The lowest BCUT2D eigenvalue weighted by Crippen LogP contribution is -2.62. The molecule has 0 spiro atoms. The number of epoxide rings is 1. The number of para-hydroxylation sites is 1. The third kappa shape index (κ3) is 2.48. The Kier molecular flexibility index (Phi) is 4.25. The molecule has 1 aromatic rings. The molecule has 0 aromatic heterocycles. The van der Waals surface area contributed by atoms with Crippen LogP contribution in [0.15, 0.2) is 53.6 Å². The van der Waals surface area contributed by atoms with E-state index >= 15 is 0 Å². The number of benzene rings is 1. The number of hydrogen-bond acceptors (Lipinski definition) is 4. The molecule has 6 rings (SSSR count). The highest BCUT2D eigenvalue weighted by molar-refractivity contribution is 5.92. The van der Waals surface area contributed by atoms with Crippen molar-refractivity contribution in [3.8, 4) is 5.75 Å². The minimum Gasteiger partial charge on any atom is -0.457 e. The van der Waals surface area contributed by atoms with E-state index in [1.807, 2.05) is 36.4 Å². The fourth-order valence-corrected chi connectivity index (χ4v) is 8.11. The van der Waals surface area contributed by atoms with Gasteiger partial charge >= 0.3 is 0 Å². The highest BCUT2D eigenvalue weighted by Crippen LogP contribution is 2.70. The van der Waals surface area contributed by atoms with Crippen LogP contribution < -0.4 is 4.74 Å². The van der Waals surface area contributed by atoms with Crippen LogP contribution in [-0.4, -0.2) is 28.9 Å². The Hall–Kier alpha value is -1.91. The van der Waals surface area contributed by atoms with Gasteiger partial charge in [0.1, 0.15) is 18.0 Å². The number of aliphatic hydroxyl groups is 1. The molecule has 4 aliphatic carbocycles. The predicted molar refractivity (Wildman–Crippen MR) is 122 cm³/mol. The standard InChI is InChI=1S/C28H34O4/c1-18-15-24-22-10-9-19-16-20(29)11-13-25(19,2)23(22)12-14-26(24,3)28(18,30)27(17-31-27)32-21-7-5-4-6-8-21/h4-8,12,16,18,22,24,30H,9-11,13-15,17H2,1-3H3/t18-,22+,24-,25-,26-,27?,28+/m0/s1. The number of hydrogen-bond donors (Lipinski definition) is 1. The van der Waals surface area contributed by atoms with Crippen LogP contribution in [0.1, 0.15) is 59.3 Å². The smallest absolute Gasteiger partial charge is 0.264 e. The van der Waals surface area contributed by atoms with E-state index in [4.69, 9.17) is 9.47 Å². The molecule has 1 N–H and O–H groups in total. The molecule has 5 aliphatic rings. The molecule has 1 aliphatic heterocycles. The van der Waals surface area contributed by atoms with E-state index in [9.17, 15) is 9.90 Å². The number of ketones is 1. The summed E-state index contributed by atoms with van der Waals surface area (Å²) in [5.74, 6) is 0.980. The maximum absolute atomic E-state index is 12.5. The van der Waals surface area contributed by atoms with E-state index in [2.05, 4.69) is 26.8 Å². The second-order valence-corrected chi connectivity index (χ2v) is 11.4. The highest BCUT2D eigenvalue weighted by Gasteiger charge is 2.78. The highest BCUT2D eigenvalue weighted by atomic mass is 16.8. The third-order valence-corrected chi connectivity index (χ3v) is 9.93. The van der Waals surface area contributed by atoms with Crippen LogP contribution in [0.25, 0.3) is 0 Å². The van der Waals surface area contributed by atoms with Crippen LogP contribution in [0, 0.1) is 28.6 Å². The molecule has 7 atom stereocenters. The Morgan fingerprint density at radius 3 is 2.62 bits per heavy atom. The number of rotatable bonds is 3. The van der Waals surface area contributed by atoms with Crippen molar-refractivity contribution in [2.75, 3.05) is 6.61 Å². The number of carbonyl (C=O) groups excluding carboxylic acids is 1. The first-order valence-electron chi connectivity index (χ1n) is 12.3. The Bertz CT molecular complexity index is 1020. The van der Waals surface area contributed by atoms with Gasteiger partial charge in [-0.3, -0.25) is 4.79 Å². The molecule has 4 nitrogen and oxygen atoms in total. The zero-order chi connectivity index (χ0) is 22.4. The molecular weight excluding hydrogens is 400 g/mol. The molecule has 170 valence electrons. The van der Waals surface area contributed by atoms with Gasteiger partial charge in [-0.25, -0.2) is 0 Å². The van der Waals surface area contributed by atoms with Crippen molar-refractivity contribution in [2.24, 2.45) is 28.6 Å². The van der Waals surface area contributed by atoms with Crippen molar-refractivity contribution in [1.82, 2.24) is 0 Å². The van der Waals surface area contributed by atoms with E-state index in [1.165, 1.54) is 11.1 Å². The first kappa shape index (κ1) is 20.7. The molecule has 32 heavy (non-hydrogen) atoms. The van der Waals surface area contributed by atoms with Gasteiger partial charge in [-0.15, -0.1) is 0 Å². The molecular formula is C28H34O4. The van der Waals surface area contributed by atoms with Gasteiger partial charge in [-0.2, -0.15) is 0 Å². The Balaban J connectivity index is 1.39. The zero-order valence-electron chi connectivity index (χ0n) is 19.4. The molecule has 0 amide bonds. The summed E-state index contributed by atoms with van der Waals surface area (Å²) in [6.07, 6.45) is 9.79. The van der Waals surface area contributed by atoms with Gasteiger partial charge in [0, 0.05) is 17.3 Å². The lowest BCUT2D eigenvalue weighted by Gasteiger charge is -2.55. The van der Waals surface area contributed by atoms with Gasteiger partial charge in [-0.1, -0.05) is 56.2 Å². The van der Waals surface area contributed by atoms with Crippen molar-refractivity contribution in [3.05, 3.63) is 53.6 Å². The van der Waals surface area contributed by atoms with Gasteiger partial charge < -0.3 is 14.6 Å². The van der Waals surface area contributed by atoms with E-state index in [0.29, 0.717) is 24.9 Å². The normalized spacial score (nSPS) is 47.0. The fourth-order valence-electron chi connectivity index (χ4n) is 8.11. The minimum absolute atomic E-state index is 0.0103. The van der Waals surface area contributed by atoms with Crippen molar-refractivity contribution >= 4 is 5.78 Å². The van der Waals surface area contributed by atoms with Crippen LogP contribution in [0.4, 0.5) is 0 Å². The minimum atomic E-state index is -1.05. The van der Waals surface area contributed by atoms with Gasteiger partial charge in [-0.05, 0) is 68.1 Å². The van der Waals surface area contributed by atoms with Gasteiger partial charge in [0.15, 0.2) is 5.78 Å². The molecule has 1 unspecified atom stereocenters. The number of carbonyl (C=O) groups is 1. The average molecular weight is 435 g/mol. The summed E-state index contributed by atoms with van der Waals surface area (Å²) in [7, 11) is 0. The lowest BCUT2D eigenvalue weighted by molar-refractivity contribution is -0.208. The van der Waals surface area contributed by atoms with E-state index < -0.39 is 11.4 Å². The Morgan fingerprint density at radius 1 is 1.16 bits per heavy atom. The third-order valence-electron chi connectivity index (χ3n) is 9.93. The van der Waals surface area contributed by atoms with Crippen LogP contribution in [0.3, 0.4) is 0 Å². The molecule has 1 heterocycles. The lowest BCUT2D eigenvalue weighted by atomic mass is 9.50. The fraction of sp³-hybridized carbons (Fsp3) is 0.607. The van der Waals surface area contributed by atoms with E-state index in [1.54, 1.807) is 0 Å². The molecule has 0 bridgehead atoms. The predicted octanol–water partition coefficient (Wildman–Crippen LogP) is 5.22. The summed E-state index contributed by atoms with van der Waals surface area (Å²) in [4.78, 5) is 12.1. The topological polar surface area (TPSA) is 59.1 Å². The van der Waals surface area contributed by atoms with Crippen LogP contribution in [0.2, 0.25) is 0 Å². The van der Waals surface area contributed by atoms with Crippen molar-refractivity contribution in [1.29, 1.82) is 0 Å².